The lowest BCUT2D eigenvalue weighted by atomic mass is 9.98. The fraction of sp³-hybridized carbons (Fsp3) is 0.500. The van der Waals surface area contributed by atoms with Crippen LogP contribution in [0.1, 0.15) is 18.9 Å². The molecule has 0 radical (unpaired) electrons. The summed E-state index contributed by atoms with van der Waals surface area (Å²) in [5, 5.41) is 4.09. The minimum Gasteiger partial charge on any atom is -0.369 e. The lowest BCUT2D eigenvalue weighted by Gasteiger charge is -2.06. The second-order valence-electron chi connectivity index (χ2n) is 4.16. The van der Waals surface area contributed by atoms with Crippen LogP contribution in [0.3, 0.4) is 0 Å². The first kappa shape index (κ1) is 7.63. The fourth-order valence-electron chi connectivity index (χ4n) is 2.41. The lowest BCUT2D eigenvalue weighted by Crippen LogP contribution is -2.11. The molecule has 2 nitrogen and oxygen atoms in total. The van der Waals surface area contributed by atoms with Gasteiger partial charge in [0.2, 0.25) is 0 Å². The number of pyridine rings is 1. The van der Waals surface area contributed by atoms with Gasteiger partial charge in [-0.1, -0.05) is 18.5 Å². The number of aromatic nitrogens is 1. The summed E-state index contributed by atoms with van der Waals surface area (Å²) in [5.41, 5.74) is 1.69. The van der Waals surface area contributed by atoms with Crippen molar-refractivity contribution in [3.63, 3.8) is 0 Å². The third-order valence-electron chi connectivity index (χ3n) is 3.42. The second kappa shape index (κ2) is 2.18. The molecule has 2 heterocycles. The maximum absolute atomic E-state index is 5.94. The largest absolute Gasteiger partial charge is 0.369 e. The van der Waals surface area contributed by atoms with Gasteiger partial charge < -0.3 is 5.32 Å². The zero-order valence-corrected chi connectivity index (χ0v) is 8.23. The van der Waals surface area contributed by atoms with Crippen molar-refractivity contribution in [1.29, 1.82) is 0 Å². The predicted molar refractivity (Wildman–Crippen MR) is 53.2 cm³/mol. The molecular formula is C10H11ClN2. The normalized spacial score (nSPS) is 34.5. The molecule has 1 fully saturated rings. The molecule has 13 heavy (non-hydrogen) atoms. The molecule has 1 N–H and O–H groups in total. The van der Waals surface area contributed by atoms with E-state index in [4.69, 9.17) is 11.6 Å². The van der Waals surface area contributed by atoms with Crippen LogP contribution < -0.4 is 5.32 Å². The highest BCUT2D eigenvalue weighted by atomic mass is 35.5. The molecule has 2 atom stereocenters. The molecule has 68 valence electrons. The Morgan fingerprint density at radius 2 is 2.46 bits per heavy atom. The van der Waals surface area contributed by atoms with Gasteiger partial charge in [0.1, 0.15) is 5.82 Å². The summed E-state index contributed by atoms with van der Waals surface area (Å²) in [4.78, 5) is 4.29. The van der Waals surface area contributed by atoms with Crippen molar-refractivity contribution < 1.29 is 0 Å². The van der Waals surface area contributed by atoms with Gasteiger partial charge in [-0.2, -0.15) is 0 Å². The maximum Gasteiger partial charge on any atom is 0.129 e. The molecule has 0 aromatic carbocycles. The SMILES string of the molecule is C[C@H]1C[C@@]12CNc1ncc(Cl)cc12. The monoisotopic (exact) mass is 194 g/mol. The zero-order chi connectivity index (χ0) is 9.05. The molecule has 0 unspecified atom stereocenters. The molecule has 1 aromatic heterocycles. The van der Waals surface area contributed by atoms with Gasteiger partial charge in [0.15, 0.2) is 0 Å². The van der Waals surface area contributed by atoms with Crippen LogP contribution >= 0.6 is 11.6 Å². The number of hydrogen-bond donors (Lipinski definition) is 1. The molecule has 1 saturated carbocycles. The number of anilines is 1. The Bertz CT molecular complexity index is 377. The molecular weight excluding hydrogens is 184 g/mol. The van der Waals surface area contributed by atoms with Crippen LogP contribution in [0, 0.1) is 5.92 Å². The number of fused-ring (bicyclic) bond motifs is 2. The van der Waals surface area contributed by atoms with Crippen molar-refractivity contribution in [2.24, 2.45) is 5.92 Å². The first-order chi connectivity index (χ1) is 6.22. The van der Waals surface area contributed by atoms with Crippen molar-refractivity contribution >= 4 is 17.4 Å². The van der Waals surface area contributed by atoms with Gasteiger partial charge in [0, 0.05) is 23.7 Å². The van der Waals surface area contributed by atoms with Gasteiger partial charge in [0.25, 0.3) is 0 Å². The molecule has 3 heteroatoms. The summed E-state index contributed by atoms with van der Waals surface area (Å²) >= 11 is 5.94. The van der Waals surface area contributed by atoms with E-state index in [2.05, 4.69) is 23.3 Å². The second-order valence-corrected chi connectivity index (χ2v) is 4.60. The Morgan fingerprint density at radius 3 is 3.15 bits per heavy atom. The minimum atomic E-state index is 0.368. The maximum atomic E-state index is 5.94. The summed E-state index contributed by atoms with van der Waals surface area (Å²) in [6.07, 6.45) is 2.98. The number of nitrogens with zero attached hydrogens (tertiary/aromatic N) is 1. The Hall–Kier alpha value is -0.760. The van der Waals surface area contributed by atoms with Gasteiger partial charge in [-0.15, -0.1) is 0 Å². The van der Waals surface area contributed by atoms with E-state index in [0.29, 0.717) is 5.41 Å². The van der Waals surface area contributed by atoms with E-state index < -0.39 is 0 Å². The van der Waals surface area contributed by atoms with Crippen LogP contribution in [0.2, 0.25) is 5.02 Å². The third-order valence-corrected chi connectivity index (χ3v) is 3.62. The van der Waals surface area contributed by atoms with Crippen molar-refractivity contribution in [3.8, 4) is 0 Å². The summed E-state index contributed by atoms with van der Waals surface area (Å²) in [6.45, 7) is 3.33. The van der Waals surface area contributed by atoms with Crippen LogP contribution in [-0.2, 0) is 5.41 Å². The van der Waals surface area contributed by atoms with Crippen LogP contribution in [0.25, 0.3) is 0 Å². The summed E-state index contributed by atoms with van der Waals surface area (Å²) in [5.74, 6) is 1.82. The molecule has 3 rings (SSSR count). The highest BCUT2D eigenvalue weighted by Crippen LogP contribution is 2.58. The summed E-state index contributed by atoms with van der Waals surface area (Å²) in [6, 6.07) is 2.06. The van der Waals surface area contributed by atoms with Gasteiger partial charge in [0.05, 0.1) is 5.02 Å². The average Bonchev–Trinajstić information content (AvgIpc) is 2.61. The van der Waals surface area contributed by atoms with Gasteiger partial charge in [-0.05, 0) is 18.4 Å². The minimum absolute atomic E-state index is 0.368. The molecule has 1 aliphatic carbocycles. The number of hydrogen-bond acceptors (Lipinski definition) is 2. The first-order valence-corrected chi connectivity index (χ1v) is 5.00. The van der Waals surface area contributed by atoms with Crippen molar-refractivity contribution in [2.75, 3.05) is 11.9 Å². The Morgan fingerprint density at radius 1 is 1.69 bits per heavy atom. The quantitative estimate of drug-likeness (QED) is 0.686. The van der Waals surface area contributed by atoms with Crippen LogP contribution in [0.5, 0.6) is 0 Å². The first-order valence-electron chi connectivity index (χ1n) is 4.62. The van der Waals surface area contributed by atoms with E-state index in [-0.39, 0.29) is 0 Å². The fourth-order valence-corrected chi connectivity index (χ4v) is 2.56. The molecule has 0 bridgehead atoms. The number of rotatable bonds is 0. The average molecular weight is 195 g/mol. The Balaban J connectivity index is 2.15. The molecule has 1 spiro atoms. The standard InChI is InChI=1S/C10H11ClN2/c1-6-3-10(6)5-13-9-8(10)2-7(11)4-12-9/h2,4,6H,3,5H2,1H3,(H,12,13)/t6-,10+/m0/s1. The van der Waals surface area contributed by atoms with Crippen molar-refractivity contribution in [1.82, 2.24) is 4.98 Å². The Kier molecular flexibility index (Phi) is 1.28. The van der Waals surface area contributed by atoms with Crippen LogP contribution in [-0.4, -0.2) is 11.5 Å². The highest BCUT2D eigenvalue weighted by molar-refractivity contribution is 6.30. The molecule has 1 aromatic rings. The number of halogens is 1. The third kappa shape index (κ3) is 0.869. The van der Waals surface area contributed by atoms with E-state index in [0.717, 1.165) is 23.3 Å². The lowest BCUT2D eigenvalue weighted by molar-refractivity contribution is 0.696. The van der Waals surface area contributed by atoms with E-state index in [9.17, 15) is 0 Å². The van der Waals surface area contributed by atoms with Crippen LogP contribution in [0.4, 0.5) is 5.82 Å². The van der Waals surface area contributed by atoms with Crippen molar-refractivity contribution in [2.45, 2.75) is 18.8 Å². The highest BCUT2D eigenvalue weighted by Gasteiger charge is 2.56. The number of nitrogens with one attached hydrogen (secondary N) is 1. The van der Waals surface area contributed by atoms with Gasteiger partial charge >= 0.3 is 0 Å². The topological polar surface area (TPSA) is 24.9 Å². The van der Waals surface area contributed by atoms with E-state index in [1.807, 2.05) is 0 Å². The predicted octanol–water partition coefficient (Wildman–Crippen LogP) is 2.44. The van der Waals surface area contributed by atoms with Crippen molar-refractivity contribution in [3.05, 3.63) is 22.8 Å². The molecule has 0 amide bonds. The summed E-state index contributed by atoms with van der Waals surface area (Å²) < 4.78 is 0. The van der Waals surface area contributed by atoms with Crippen LogP contribution in [0.15, 0.2) is 12.3 Å². The van der Waals surface area contributed by atoms with Gasteiger partial charge in [-0.25, -0.2) is 4.98 Å². The van der Waals surface area contributed by atoms with E-state index >= 15 is 0 Å². The smallest absolute Gasteiger partial charge is 0.129 e. The van der Waals surface area contributed by atoms with Gasteiger partial charge in [-0.3, -0.25) is 0 Å². The summed E-state index contributed by atoms with van der Waals surface area (Å²) in [7, 11) is 0. The molecule has 0 saturated heterocycles. The van der Waals surface area contributed by atoms with E-state index in [1.54, 1.807) is 6.20 Å². The zero-order valence-electron chi connectivity index (χ0n) is 7.47. The molecule has 2 aliphatic rings. The molecule has 1 aliphatic heterocycles. The Labute approximate surface area is 82.3 Å². The van der Waals surface area contributed by atoms with E-state index in [1.165, 1.54) is 12.0 Å².